The topological polar surface area (TPSA) is 44.9 Å². The molecule has 0 saturated carbocycles. The van der Waals surface area contributed by atoms with Gasteiger partial charge in [-0.2, -0.15) is 16.7 Å². The zero-order valence-electron chi connectivity index (χ0n) is 28.4. The molecule has 3 aromatic heterocycles. The van der Waals surface area contributed by atoms with Gasteiger partial charge in [0, 0.05) is 34.5 Å². The van der Waals surface area contributed by atoms with Crippen molar-refractivity contribution in [3.8, 4) is 34.1 Å². The molecule has 0 aliphatic rings. The summed E-state index contributed by atoms with van der Waals surface area (Å²) in [6, 6.07) is 34.7. The van der Waals surface area contributed by atoms with Gasteiger partial charge in [-0.1, -0.05) is 76.5 Å². The van der Waals surface area contributed by atoms with E-state index in [2.05, 4.69) is 124 Å². The molecule has 5 nitrogen and oxygen atoms in total. The van der Waals surface area contributed by atoms with Crippen LogP contribution in [0.4, 0.5) is 0 Å². The number of aryl methyl sites for hydroxylation is 5. The number of pyridine rings is 1. The van der Waals surface area contributed by atoms with E-state index in [1.165, 1.54) is 27.9 Å². The second kappa shape index (κ2) is 13.9. The Bertz CT molecular complexity index is 2240. The fourth-order valence-electron chi connectivity index (χ4n) is 6.89. The van der Waals surface area contributed by atoms with Crippen LogP contribution in [0.1, 0.15) is 61.3 Å². The molecular formula is C42H40N4OPd. The smallest absolute Gasteiger partial charge is 0.509 e. The third-order valence-corrected chi connectivity index (χ3v) is 9.08. The second-order valence-electron chi connectivity index (χ2n) is 12.2. The summed E-state index contributed by atoms with van der Waals surface area (Å²) in [6.07, 6.45) is 5.52. The van der Waals surface area contributed by atoms with Crippen molar-refractivity contribution in [2.24, 2.45) is 0 Å². The van der Waals surface area contributed by atoms with Crippen LogP contribution < -0.4 is 4.74 Å². The summed E-state index contributed by atoms with van der Waals surface area (Å²) in [5.41, 5.74) is 12.8. The Morgan fingerprint density at radius 1 is 0.688 bits per heavy atom. The quantitative estimate of drug-likeness (QED) is 0.110. The van der Waals surface area contributed by atoms with Gasteiger partial charge in [0.1, 0.15) is 5.82 Å². The summed E-state index contributed by atoms with van der Waals surface area (Å²) in [5.74, 6) is 2.11. The van der Waals surface area contributed by atoms with Gasteiger partial charge in [-0.15, -0.1) is 35.7 Å². The first-order chi connectivity index (χ1) is 22.9. The Hall–Kier alpha value is -4.50. The average Bonchev–Trinajstić information content (AvgIpc) is 3.62. The van der Waals surface area contributed by atoms with E-state index in [4.69, 9.17) is 14.8 Å². The normalized spacial score (nSPS) is 11.3. The van der Waals surface area contributed by atoms with Crippen LogP contribution in [0.3, 0.4) is 0 Å². The van der Waals surface area contributed by atoms with E-state index in [0.29, 0.717) is 11.5 Å². The number of para-hydroxylation sites is 1. The van der Waals surface area contributed by atoms with E-state index in [9.17, 15) is 0 Å². The number of rotatable bonds is 9. The van der Waals surface area contributed by atoms with Crippen LogP contribution in [-0.4, -0.2) is 19.3 Å². The van der Waals surface area contributed by atoms with Crippen molar-refractivity contribution in [3.05, 3.63) is 131 Å². The summed E-state index contributed by atoms with van der Waals surface area (Å²) >= 11 is 0. The molecule has 0 atom stereocenters. The van der Waals surface area contributed by atoms with Gasteiger partial charge in [0.05, 0.1) is 5.69 Å². The van der Waals surface area contributed by atoms with E-state index < -0.39 is 0 Å². The maximum atomic E-state index is 6.55. The summed E-state index contributed by atoms with van der Waals surface area (Å²) in [5, 5.41) is 7.47. The minimum Gasteiger partial charge on any atom is -0.509 e. The Balaban J connectivity index is 0.00000401. The van der Waals surface area contributed by atoms with Gasteiger partial charge in [-0.3, -0.25) is 4.68 Å². The summed E-state index contributed by atoms with van der Waals surface area (Å²) < 4.78 is 10.8. The molecule has 0 amide bonds. The summed E-state index contributed by atoms with van der Waals surface area (Å²) in [7, 11) is 0. The predicted molar refractivity (Wildman–Crippen MR) is 192 cm³/mol. The summed E-state index contributed by atoms with van der Waals surface area (Å²) in [6.45, 7) is 13.1. The first-order valence-corrected chi connectivity index (χ1v) is 16.8. The number of benzene rings is 4. The molecule has 0 N–H and O–H groups in total. The van der Waals surface area contributed by atoms with Crippen LogP contribution >= 0.6 is 0 Å². The minimum atomic E-state index is 0. The number of fused-ring (bicyclic) bond motifs is 3. The molecule has 48 heavy (non-hydrogen) atoms. The van der Waals surface area contributed by atoms with Crippen LogP contribution in [0, 0.1) is 26.0 Å². The molecule has 0 radical (unpaired) electrons. The first-order valence-electron chi connectivity index (χ1n) is 16.8. The Morgan fingerprint density at radius 3 is 2.17 bits per heavy atom. The molecule has 0 unspecified atom stereocenters. The monoisotopic (exact) mass is 722 g/mol. The van der Waals surface area contributed by atoms with Crippen molar-refractivity contribution >= 4 is 21.8 Å². The van der Waals surface area contributed by atoms with Gasteiger partial charge < -0.3 is 9.30 Å². The maximum Gasteiger partial charge on any atom is 2.00 e. The fraction of sp³-hybridized carbons (Fsp3) is 0.238. The van der Waals surface area contributed by atoms with Crippen molar-refractivity contribution in [2.75, 3.05) is 0 Å². The minimum absolute atomic E-state index is 0. The molecule has 6 heteroatoms. The Labute approximate surface area is 297 Å². The van der Waals surface area contributed by atoms with Crippen molar-refractivity contribution in [2.45, 2.75) is 67.2 Å². The van der Waals surface area contributed by atoms with Gasteiger partial charge in [-0.25, -0.2) is 4.98 Å². The van der Waals surface area contributed by atoms with E-state index >= 15 is 0 Å². The van der Waals surface area contributed by atoms with Crippen LogP contribution in [-0.2, 0) is 46.1 Å². The maximum absolute atomic E-state index is 6.55. The van der Waals surface area contributed by atoms with Crippen LogP contribution in [0.25, 0.3) is 44.4 Å². The molecule has 3 heterocycles. The second-order valence-corrected chi connectivity index (χ2v) is 12.2. The number of nitrogens with zero attached hydrogens (tertiary/aromatic N) is 4. The molecule has 244 valence electrons. The van der Waals surface area contributed by atoms with Gasteiger partial charge >= 0.3 is 20.4 Å². The number of hydrogen-bond donors (Lipinski definition) is 0. The van der Waals surface area contributed by atoms with Crippen LogP contribution in [0.2, 0.25) is 0 Å². The van der Waals surface area contributed by atoms with E-state index in [0.717, 1.165) is 75.8 Å². The van der Waals surface area contributed by atoms with Crippen molar-refractivity contribution < 1.29 is 25.2 Å². The number of aromatic nitrogens is 4. The predicted octanol–water partition coefficient (Wildman–Crippen LogP) is 10.3. The van der Waals surface area contributed by atoms with E-state index in [1.807, 2.05) is 24.4 Å². The fourth-order valence-corrected chi connectivity index (χ4v) is 6.89. The third-order valence-electron chi connectivity index (χ3n) is 9.08. The molecule has 4 aromatic carbocycles. The van der Waals surface area contributed by atoms with Crippen molar-refractivity contribution in [3.63, 3.8) is 0 Å². The molecule has 7 aromatic rings. The molecule has 7 rings (SSSR count). The van der Waals surface area contributed by atoms with Crippen LogP contribution in [0.15, 0.2) is 85.1 Å². The Kier molecular flexibility index (Phi) is 9.69. The van der Waals surface area contributed by atoms with E-state index in [-0.39, 0.29) is 20.4 Å². The Morgan fingerprint density at radius 2 is 1.46 bits per heavy atom. The summed E-state index contributed by atoms with van der Waals surface area (Å²) in [4.78, 5) is 4.71. The third kappa shape index (κ3) is 5.89. The van der Waals surface area contributed by atoms with Crippen LogP contribution in [0.5, 0.6) is 11.5 Å². The zero-order valence-corrected chi connectivity index (χ0v) is 30.0. The van der Waals surface area contributed by atoms with E-state index in [1.54, 1.807) is 0 Å². The standard InChI is InChI=1S/C42H40N4O.Pd/c1-7-29-14-13-15-30(8-2)41(29)42-36(9-3)44-46(37(42)10-4)31-22-28(6)23-33(25-31)47-32-18-19-35-34-16-11-12-17-38(34)45(39(35)26-32)40-24-27(5)20-21-43-40;/h11-24H,7-10H2,1-6H3;/q-2;+2. The van der Waals surface area contributed by atoms with Gasteiger partial charge in [-0.05, 0) is 84.1 Å². The van der Waals surface area contributed by atoms with Gasteiger partial charge in [0.2, 0.25) is 0 Å². The molecule has 0 fully saturated rings. The average molecular weight is 723 g/mol. The first kappa shape index (κ1) is 33.4. The molecular weight excluding hydrogens is 683 g/mol. The SMILES string of the molecule is CCc1cccc(CC)c1-c1c(CC)nn(-c2[c-]c(Oc3[c-]c4c(cc3)c3ccccc3n4-c3cc(C)ccn3)cc(C)c2)c1CC.[Pd+2]. The zero-order chi connectivity index (χ0) is 32.7. The molecule has 0 spiro atoms. The van der Waals surface area contributed by atoms with Crippen molar-refractivity contribution in [1.82, 2.24) is 19.3 Å². The molecule has 0 bridgehead atoms. The van der Waals surface area contributed by atoms with Crippen molar-refractivity contribution in [1.29, 1.82) is 0 Å². The van der Waals surface area contributed by atoms with Gasteiger partial charge in [0.25, 0.3) is 0 Å². The largest absolute Gasteiger partial charge is 2.00 e. The van der Waals surface area contributed by atoms with Gasteiger partial charge in [0.15, 0.2) is 0 Å². The molecule has 0 aliphatic carbocycles. The number of ether oxygens (including phenoxy) is 1. The number of hydrogen-bond acceptors (Lipinski definition) is 3. The molecule has 0 saturated heterocycles. The molecule has 0 aliphatic heterocycles.